The third-order valence-corrected chi connectivity index (χ3v) is 4.58. The minimum absolute atomic E-state index is 0.424. The number of hydrogen-bond donors (Lipinski definition) is 0. The molecule has 1 aliphatic carbocycles. The molecule has 13 heavy (non-hydrogen) atoms. The number of carbonyl (C=O) groups is 1. The zero-order valence-corrected chi connectivity index (χ0v) is 9.11. The molecule has 1 heterocycles. The average Bonchev–Trinajstić information content (AvgIpc) is 2.51. The van der Waals surface area contributed by atoms with Gasteiger partial charge in [0.2, 0.25) is 0 Å². The molecule has 0 amide bonds. The first-order chi connectivity index (χ1) is 6.27. The zero-order valence-electron chi connectivity index (χ0n) is 8.29. The second kappa shape index (κ2) is 4.04. The van der Waals surface area contributed by atoms with E-state index in [1.54, 1.807) is 0 Å². The van der Waals surface area contributed by atoms with E-state index >= 15 is 0 Å². The first-order valence-electron chi connectivity index (χ1n) is 5.38. The molecule has 0 aromatic rings. The van der Waals surface area contributed by atoms with Gasteiger partial charge in [0.05, 0.1) is 5.75 Å². The van der Waals surface area contributed by atoms with Gasteiger partial charge in [0.25, 0.3) is 0 Å². The van der Waals surface area contributed by atoms with Crippen molar-refractivity contribution in [3.63, 3.8) is 0 Å². The van der Waals surface area contributed by atoms with E-state index < -0.39 is 0 Å². The summed E-state index contributed by atoms with van der Waals surface area (Å²) in [5.74, 6) is 4.44. The highest BCUT2D eigenvalue weighted by Gasteiger charge is 2.34. The highest BCUT2D eigenvalue weighted by molar-refractivity contribution is 8.00. The molecule has 1 saturated heterocycles. The summed E-state index contributed by atoms with van der Waals surface area (Å²) in [5.41, 5.74) is 0. The molecule has 1 aliphatic heterocycles. The molecule has 0 bridgehead atoms. The summed E-state index contributed by atoms with van der Waals surface area (Å²) >= 11 is 1.84. The van der Waals surface area contributed by atoms with E-state index in [0.29, 0.717) is 11.7 Å². The molecule has 3 atom stereocenters. The van der Waals surface area contributed by atoms with Gasteiger partial charge in [0.1, 0.15) is 5.78 Å². The monoisotopic (exact) mass is 198 g/mol. The fourth-order valence-electron chi connectivity index (χ4n) is 2.73. The summed E-state index contributed by atoms with van der Waals surface area (Å²) < 4.78 is 0. The van der Waals surface area contributed by atoms with E-state index in [9.17, 15) is 4.79 Å². The molecule has 0 N–H and O–H groups in total. The lowest BCUT2D eigenvalue weighted by Gasteiger charge is -2.29. The molecule has 74 valence electrons. The largest absolute Gasteiger partial charge is 0.298 e. The van der Waals surface area contributed by atoms with Crippen molar-refractivity contribution in [3.05, 3.63) is 0 Å². The Hall–Kier alpha value is 0.0200. The van der Waals surface area contributed by atoms with E-state index in [1.807, 2.05) is 11.8 Å². The number of thioether (sulfide) groups is 1. The van der Waals surface area contributed by atoms with Crippen molar-refractivity contribution in [2.75, 3.05) is 11.5 Å². The molecule has 1 nitrogen and oxygen atoms in total. The van der Waals surface area contributed by atoms with Crippen LogP contribution in [-0.4, -0.2) is 17.3 Å². The van der Waals surface area contributed by atoms with Crippen LogP contribution in [0.5, 0.6) is 0 Å². The van der Waals surface area contributed by atoms with Crippen molar-refractivity contribution in [2.24, 2.45) is 17.8 Å². The molecular formula is C11H18OS. The summed E-state index contributed by atoms with van der Waals surface area (Å²) in [6.07, 6.45) is 5.34. The van der Waals surface area contributed by atoms with Gasteiger partial charge in [-0.05, 0) is 24.7 Å². The second-order valence-electron chi connectivity index (χ2n) is 4.62. The topological polar surface area (TPSA) is 17.1 Å². The fraction of sp³-hybridized carbons (Fsp3) is 0.909. The van der Waals surface area contributed by atoms with Crippen molar-refractivity contribution < 1.29 is 4.79 Å². The highest BCUT2D eigenvalue weighted by Crippen LogP contribution is 2.38. The fourth-order valence-corrected chi connectivity index (χ4v) is 3.98. The van der Waals surface area contributed by atoms with Gasteiger partial charge in [0.15, 0.2) is 0 Å². The van der Waals surface area contributed by atoms with E-state index in [-0.39, 0.29) is 0 Å². The predicted octanol–water partition coefficient (Wildman–Crippen LogP) is 2.74. The van der Waals surface area contributed by atoms with Crippen LogP contribution in [-0.2, 0) is 4.79 Å². The standard InChI is InChI=1S/C11H18OS/c1-8-3-2-4-9(5-8)10-6-13-7-11(10)12/h8-10H,2-7H2,1H3. The maximum absolute atomic E-state index is 11.6. The third kappa shape index (κ3) is 2.09. The van der Waals surface area contributed by atoms with E-state index in [1.165, 1.54) is 25.7 Å². The molecule has 0 radical (unpaired) electrons. The van der Waals surface area contributed by atoms with Crippen LogP contribution < -0.4 is 0 Å². The van der Waals surface area contributed by atoms with Crippen LogP contribution >= 0.6 is 11.8 Å². The van der Waals surface area contributed by atoms with Crippen molar-refractivity contribution in [1.29, 1.82) is 0 Å². The molecule has 0 spiro atoms. The average molecular weight is 198 g/mol. The van der Waals surface area contributed by atoms with Crippen molar-refractivity contribution in [3.8, 4) is 0 Å². The van der Waals surface area contributed by atoms with E-state index in [4.69, 9.17) is 0 Å². The number of hydrogen-bond acceptors (Lipinski definition) is 2. The summed E-state index contributed by atoms with van der Waals surface area (Å²) in [6, 6.07) is 0. The van der Waals surface area contributed by atoms with E-state index in [0.717, 1.165) is 23.3 Å². The summed E-state index contributed by atoms with van der Waals surface area (Å²) in [4.78, 5) is 11.6. The number of rotatable bonds is 1. The summed E-state index contributed by atoms with van der Waals surface area (Å²) in [6.45, 7) is 2.33. The Balaban J connectivity index is 1.95. The van der Waals surface area contributed by atoms with E-state index in [2.05, 4.69) is 6.92 Å². The minimum atomic E-state index is 0.424. The van der Waals surface area contributed by atoms with Gasteiger partial charge >= 0.3 is 0 Å². The van der Waals surface area contributed by atoms with Crippen molar-refractivity contribution >= 4 is 17.5 Å². The first-order valence-corrected chi connectivity index (χ1v) is 6.53. The molecule has 2 rings (SSSR count). The Morgan fingerprint density at radius 1 is 1.38 bits per heavy atom. The van der Waals surface area contributed by atoms with Crippen LogP contribution in [0.3, 0.4) is 0 Å². The maximum atomic E-state index is 11.6. The van der Waals surface area contributed by atoms with Crippen LogP contribution in [0.1, 0.15) is 32.6 Å². The smallest absolute Gasteiger partial charge is 0.146 e. The molecular weight excluding hydrogens is 180 g/mol. The Labute approximate surface area is 84.7 Å². The predicted molar refractivity (Wildman–Crippen MR) is 56.9 cm³/mol. The van der Waals surface area contributed by atoms with Crippen molar-refractivity contribution in [2.45, 2.75) is 32.6 Å². The first kappa shape index (κ1) is 9.57. The van der Waals surface area contributed by atoms with Crippen LogP contribution in [0, 0.1) is 17.8 Å². The number of ketones is 1. The van der Waals surface area contributed by atoms with Crippen LogP contribution in [0.4, 0.5) is 0 Å². The number of Topliss-reactive ketones (excluding diaryl/α,β-unsaturated/α-hetero) is 1. The van der Waals surface area contributed by atoms with Gasteiger partial charge in [-0.1, -0.05) is 19.8 Å². The summed E-state index contributed by atoms with van der Waals surface area (Å²) in [5, 5.41) is 0. The zero-order chi connectivity index (χ0) is 9.26. The molecule has 2 aliphatic rings. The lowest BCUT2D eigenvalue weighted by atomic mass is 9.75. The molecule has 2 heteroatoms. The summed E-state index contributed by atoms with van der Waals surface area (Å²) in [7, 11) is 0. The van der Waals surface area contributed by atoms with Gasteiger partial charge in [-0.15, -0.1) is 0 Å². The molecule has 3 unspecified atom stereocenters. The van der Waals surface area contributed by atoms with Gasteiger partial charge in [-0.25, -0.2) is 0 Å². The van der Waals surface area contributed by atoms with Gasteiger partial charge < -0.3 is 0 Å². The molecule has 0 aromatic carbocycles. The molecule has 0 aromatic heterocycles. The Kier molecular flexibility index (Phi) is 2.97. The van der Waals surface area contributed by atoms with Crippen LogP contribution in [0.2, 0.25) is 0 Å². The van der Waals surface area contributed by atoms with Gasteiger partial charge in [-0.2, -0.15) is 11.8 Å². The van der Waals surface area contributed by atoms with Crippen molar-refractivity contribution in [1.82, 2.24) is 0 Å². The third-order valence-electron chi connectivity index (χ3n) is 3.50. The molecule has 1 saturated carbocycles. The lowest BCUT2D eigenvalue weighted by Crippen LogP contribution is -2.26. The normalized spacial score (nSPS) is 41.0. The van der Waals surface area contributed by atoms with Gasteiger partial charge in [0, 0.05) is 11.7 Å². The Bertz CT molecular complexity index is 202. The lowest BCUT2D eigenvalue weighted by molar-refractivity contribution is -0.121. The van der Waals surface area contributed by atoms with Gasteiger partial charge in [-0.3, -0.25) is 4.79 Å². The number of carbonyl (C=O) groups excluding carboxylic acids is 1. The van der Waals surface area contributed by atoms with Crippen LogP contribution in [0.25, 0.3) is 0 Å². The second-order valence-corrected chi connectivity index (χ2v) is 5.65. The highest BCUT2D eigenvalue weighted by atomic mass is 32.2. The minimum Gasteiger partial charge on any atom is -0.298 e. The molecule has 2 fully saturated rings. The Morgan fingerprint density at radius 2 is 2.23 bits per heavy atom. The maximum Gasteiger partial charge on any atom is 0.146 e. The SMILES string of the molecule is CC1CCCC(C2CSCC2=O)C1. The van der Waals surface area contributed by atoms with Crippen LogP contribution in [0.15, 0.2) is 0 Å². The quantitative estimate of drug-likeness (QED) is 0.644. The Morgan fingerprint density at radius 3 is 2.85 bits per heavy atom.